The summed E-state index contributed by atoms with van der Waals surface area (Å²) in [7, 11) is 0. The maximum absolute atomic E-state index is 11.0. The van der Waals surface area contributed by atoms with E-state index >= 15 is 0 Å². The molecule has 17 heavy (non-hydrogen) atoms. The molecule has 0 unspecified atom stereocenters. The molecule has 0 radical (unpaired) electrons. The SMILES string of the molecule is CCOC(=O)CC#Cc1cc(CO)ccc1Cl. The molecule has 0 saturated heterocycles. The van der Waals surface area contributed by atoms with E-state index in [1.54, 1.807) is 25.1 Å². The van der Waals surface area contributed by atoms with E-state index in [1.807, 2.05) is 0 Å². The molecule has 90 valence electrons. The molecule has 0 aromatic heterocycles. The summed E-state index contributed by atoms with van der Waals surface area (Å²) in [5, 5.41) is 9.47. The van der Waals surface area contributed by atoms with Crippen LogP contribution in [0, 0.1) is 11.8 Å². The number of rotatable bonds is 3. The van der Waals surface area contributed by atoms with Gasteiger partial charge >= 0.3 is 5.97 Å². The molecular weight excluding hydrogens is 240 g/mol. The Labute approximate surface area is 105 Å². The average Bonchev–Trinajstić information content (AvgIpc) is 2.32. The van der Waals surface area contributed by atoms with Crippen LogP contribution in [0.4, 0.5) is 0 Å². The van der Waals surface area contributed by atoms with Crippen molar-refractivity contribution in [2.24, 2.45) is 0 Å². The second-order valence-corrected chi connectivity index (χ2v) is 3.66. The van der Waals surface area contributed by atoms with E-state index in [0.29, 0.717) is 17.2 Å². The third kappa shape index (κ3) is 4.48. The molecule has 0 aliphatic rings. The van der Waals surface area contributed by atoms with Gasteiger partial charge in [-0.3, -0.25) is 4.79 Å². The predicted octanol–water partition coefficient (Wildman–Crippen LogP) is 2.14. The number of esters is 1. The Balaban J connectivity index is 2.74. The monoisotopic (exact) mass is 252 g/mol. The van der Waals surface area contributed by atoms with Crippen molar-refractivity contribution in [3.05, 3.63) is 34.3 Å². The van der Waals surface area contributed by atoms with Crippen molar-refractivity contribution in [2.75, 3.05) is 6.61 Å². The lowest BCUT2D eigenvalue weighted by Gasteiger charge is -1.99. The highest BCUT2D eigenvalue weighted by molar-refractivity contribution is 6.31. The van der Waals surface area contributed by atoms with Gasteiger partial charge in [0.1, 0.15) is 6.42 Å². The molecule has 1 aromatic carbocycles. The normalized spacial score (nSPS) is 9.35. The Kier molecular flexibility index (Phi) is 5.55. The second-order valence-electron chi connectivity index (χ2n) is 3.26. The van der Waals surface area contributed by atoms with Gasteiger partial charge in [0.15, 0.2) is 0 Å². The van der Waals surface area contributed by atoms with E-state index < -0.39 is 0 Å². The number of hydrogen-bond donors (Lipinski definition) is 1. The van der Waals surface area contributed by atoms with Crippen LogP contribution in [0.25, 0.3) is 0 Å². The first-order valence-electron chi connectivity index (χ1n) is 5.21. The van der Waals surface area contributed by atoms with Gasteiger partial charge in [-0.05, 0) is 24.6 Å². The number of benzene rings is 1. The summed E-state index contributed by atoms with van der Waals surface area (Å²) in [6, 6.07) is 5.08. The highest BCUT2D eigenvalue weighted by Crippen LogP contribution is 2.16. The van der Waals surface area contributed by atoms with Crippen LogP contribution in [0.5, 0.6) is 0 Å². The molecule has 0 bridgehead atoms. The van der Waals surface area contributed by atoms with E-state index in [-0.39, 0.29) is 19.0 Å². The smallest absolute Gasteiger partial charge is 0.317 e. The Morgan fingerprint density at radius 3 is 2.94 bits per heavy atom. The van der Waals surface area contributed by atoms with Gasteiger partial charge in [0.05, 0.1) is 18.2 Å². The number of aliphatic hydroxyl groups excluding tert-OH is 1. The second kappa shape index (κ2) is 6.95. The molecule has 0 atom stereocenters. The quantitative estimate of drug-likeness (QED) is 0.662. The van der Waals surface area contributed by atoms with Crippen LogP contribution < -0.4 is 0 Å². The fourth-order valence-corrected chi connectivity index (χ4v) is 1.35. The number of carbonyl (C=O) groups excluding carboxylic acids is 1. The van der Waals surface area contributed by atoms with Gasteiger partial charge in [-0.2, -0.15) is 0 Å². The Bertz CT molecular complexity index is 457. The highest BCUT2D eigenvalue weighted by atomic mass is 35.5. The summed E-state index contributed by atoms with van der Waals surface area (Å²) in [6.07, 6.45) is 0.0352. The van der Waals surface area contributed by atoms with Crippen LogP contribution in [0.15, 0.2) is 18.2 Å². The molecule has 4 heteroatoms. The maximum Gasteiger partial charge on any atom is 0.317 e. The minimum absolute atomic E-state index is 0.0352. The van der Waals surface area contributed by atoms with Gasteiger partial charge < -0.3 is 9.84 Å². The van der Waals surface area contributed by atoms with Crippen molar-refractivity contribution in [3.8, 4) is 11.8 Å². The van der Waals surface area contributed by atoms with Gasteiger partial charge in [-0.15, -0.1) is 0 Å². The van der Waals surface area contributed by atoms with Crippen LogP contribution in [0.2, 0.25) is 5.02 Å². The van der Waals surface area contributed by atoms with Gasteiger partial charge in [-0.1, -0.05) is 29.5 Å². The molecule has 1 rings (SSSR count). The topological polar surface area (TPSA) is 46.5 Å². The molecule has 1 N–H and O–H groups in total. The Morgan fingerprint density at radius 1 is 1.53 bits per heavy atom. The molecule has 1 aromatic rings. The highest BCUT2D eigenvalue weighted by Gasteiger charge is 2.00. The van der Waals surface area contributed by atoms with E-state index in [0.717, 1.165) is 5.56 Å². The zero-order valence-corrected chi connectivity index (χ0v) is 10.3. The summed E-state index contributed by atoms with van der Waals surface area (Å²) < 4.78 is 4.74. The molecular formula is C13H13ClO3. The first-order valence-corrected chi connectivity index (χ1v) is 5.59. The van der Waals surface area contributed by atoms with Crippen LogP contribution >= 0.6 is 11.6 Å². The lowest BCUT2D eigenvalue weighted by molar-refractivity contribution is -0.141. The van der Waals surface area contributed by atoms with E-state index in [4.69, 9.17) is 21.4 Å². The van der Waals surface area contributed by atoms with Gasteiger partial charge in [0.25, 0.3) is 0 Å². The summed E-state index contributed by atoms with van der Waals surface area (Å²) in [4.78, 5) is 11.0. The average molecular weight is 253 g/mol. The molecule has 3 nitrogen and oxygen atoms in total. The van der Waals surface area contributed by atoms with Crippen molar-refractivity contribution < 1.29 is 14.6 Å². The number of hydrogen-bond acceptors (Lipinski definition) is 3. The molecule has 0 saturated carbocycles. The zero-order valence-electron chi connectivity index (χ0n) is 9.50. The largest absolute Gasteiger partial charge is 0.465 e. The lowest BCUT2D eigenvalue weighted by atomic mass is 10.1. The number of carbonyl (C=O) groups is 1. The molecule has 0 aliphatic carbocycles. The van der Waals surface area contributed by atoms with E-state index in [9.17, 15) is 4.79 Å². The minimum Gasteiger partial charge on any atom is -0.465 e. The fraction of sp³-hybridized carbons (Fsp3) is 0.308. The van der Waals surface area contributed by atoms with Gasteiger partial charge in [-0.25, -0.2) is 0 Å². The lowest BCUT2D eigenvalue weighted by Crippen LogP contribution is -2.01. The van der Waals surface area contributed by atoms with Crippen molar-refractivity contribution in [3.63, 3.8) is 0 Å². The third-order valence-corrected chi connectivity index (χ3v) is 2.30. The zero-order chi connectivity index (χ0) is 12.7. The van der Waals surface area contributed by atoms with Gasteiger partial charge in [0, 0.05) is 5.56 Å². The van der Waals surface area contributed by atoms with Crippen molar-refractivity contribution >= 4 is 17.6 Å². The minimum atomic E-state index is -0.352. The number of aliphatic hydroxyl groups is 1. The number of ether oxygens (including phenoxy) is 1. The first kappa shape index (κ1) is 13.6. The van der Waals surface area contributed by atoms with Crippen molar-refractivity contribution in [1.29, 1.82) is 0 Å². The van der Waals surface area contributed by atoms with Crippen molar-refractivity contribution in [1.82, 2.24) is 0 Å². The van der Waals surface area contributed by atoms with E-state index in [2.05, 4.69) is 11.8 Å². The van der Waals surface area contributed by atoms with Gasteiger partial charge in [0.2, 0.25) is 0 Å². The summed E-state index contributed by atoms with van der Waals surface area (Å²) in [5.41, 5.74) is 1.33. The Morgan fingerprint density at radius 2 is 2.29 bits per heavy atom. The summed E-state index contributed by atoms with van der Waals surface area (Å²) in [6.45, 7) is 2.03. The maximum atomic E-state index is 11.0. The first-order chi connectivity index (χ1) is 8.17. The van der Waals surface area contributed by atoms with E-state index in [1.165, 1.54) is 0 Å². The van der Waals surface area contributed by atoms with Crippen LogP contribution in [-0.2, 0) is 16.1 Å². The Hall–Kier alpha value is -1.50. The van der Waals surface area contributed by atoms with Crippen LogP contribution in [-0.4, -0.2) is 17.7 Å². The predicted molar refractivity (Wildman–Crippen MR) is 65.5 cm³/mol. The van der Waals surface area contributed by atoms with Crippen molar-refractivity contribution in [2.45, 2.75) is 20.0 Å². The summed E-state index contributed by atoms with van der Waals surface area (Å²) >= 11 is 5.93. The standard InChI is InChI=1S/C13H13ClO3/c1-2-17-13(16)5-3-4-11-8-10(9-15)6-7-12(11)14/h6-8,15H,2,5,9H2,1H3. The molecule has 0 heterocycles. The fourth-order valence-electron chi connectivity index (χ4n) is 1.19. The van der Waals surface area contributed by atoms with Crippen LogP contribution in [0.1, 0.15) is 24.5 Å². The van der Waals surface area contributed by atoms with Crippen LogP contribution in [0.3, 0.4) is 0 Å². The summed E-state index contributed by atoms with van der Waals surface area (Å²) in [5.74, 6) is 5.12. The third-order valence-electron chi connectivity index (χ3n) is 1.97. The molecule has 0 amide bonds. The molecule has 0 aliphatic heterocycles. The molecule has 0 spiro atoms. The number of halogens is 1. The molecule has 0 fully saturated rings.